The Balaban J connectivity index is 3.05. The van der Waals surface area contributed by atoms with Gasteiger partial charge in [-0.25, -0.2) is 0 Å². The van der Waals surface area contributed by atoms with E-state index in [4.69, 9.17) is 5.73 Å². The highest BCUT2D eigenvalue weighted by molar-refractivity contribution is 5.04. The number of hydrogen-bond acceptors (Lipinski definition) is 2. The third-order valence-electron chi connectivity index (χ3n) is 1.74. The van der Waals surface area contributed by atoms with Crippen LogP contribution in [-0.2, 0) is 6.54 Å². The lowest BCUT2D eigenvalue weighted by Gasteiger charge is -2.11. The molecule has 3 nitrogen and oxygen atoms in total. The van der Waals surface area contributed by atoms with E-state index in [-0.39, 0.29) is 11.6 Å². The van der Waals surface area contributed by atoms with Gasteiger partial charge in [0.1, 0.15) is 0 Å². The van der Waals surface area contributed by atoms with Crippen LogP contribution in [0.3, 0.4) is 0 Å². The quantitative estimate of drug-likeness (QED) is 0.695. The van der Waals surface area contributed by atoms with Crippen molar-refractivity contribution in [2.24, 2.45) is 5.73 Å². The molecule has 0 aliphatic heterocycles. The third-order valence-corrected chi connectivity index (χ3v) is 1.74. The van der Waals surface area contributed by atoms with E-state index < -0.39 is 0 Å². The van der Waals surface area contributed by atoms with E-state index >= 15 is 0 Å². The minimum absolute atomic E-state index is 0.0174. The number of aryl methyl sites for hydroxylation is 1. The van der Waals surface area contributed by atoms with Gasteiger partial charge in [-0.05, 0) is 19.9 Å². The molecule has 12 heavy (non-hydrogen) atoms. The van der Waals surface area contributed by atoms with Gasteiger partial charge in [-0.3, -0.25) is 4.79 Å². The van der Waals surface area contributed by atoms with Gasteiger partial charge in [0.05, 0.1) is 0 Å². The van der Waals surface area contributed by atoms with Gasteiger partial charge >= 0.3 is 0 Å². The first-order valence-corrected chi connectivity index (χ1v) is 4.03. The second-order valence-electron chi connectivity index (χ2n) is 3.09. The zero-order chi connectivity index (χ0) is 9.14. The van der Waals surface area contributed by atoms with E-state index in [1.54, 1.807) is 16.7 Å². The number of aromatic nitrogens is 1. The van der Waals surface area contributed by atoms with Gasteiger partial charge in [0.15, 0.2) is 0 Å². The highest BCUT2D eigenvalue weighted by Gasteiger charge is 2.00. The van der Waals surface area contributed by atoms with Gasteiger partial charge in [-0.15, -0.1) is 0 Å². The lowest BCUT2D eigenvalue weighted by molar-refractivity contribution is 0.562. The number of nitrogens with zero attached hydrogens (tertiary/aromatic N) is 1. The molecule has 0 radical (unpaired) electrons. The number of hydrogen-bond donors (Lipinski definition) is 1. The molecule has 0 aliphatic carbocycles. The van der Waals surface area contributed by atoms with Crippen LogP contribution in [0.2, 0.25) is 0 Å². The Labute approximate surface area is 71.8 Å². The molecular formula is C9H14N2O. The van der Waals surface area contributed by atoms with Crippen molar-refractivity contribution in [3.8, 4) is 0 Å². The molecule has 2 N–H and O–H groups in total. The fraction of sp³-hybridized carbons (Fsp3) is 0.444. The summed E-state index contributed by atoms with van der Waals surface area (Å²) in [6, 6.07) is 5.23. The number of nitrogens with two attached hydrogens (primary N) is 1. The summed E-state index contributed by atoms with van der Waals surface area (Å²) in [5.74, 6) is 0. The number of rotatable bonds is 2. The van der Waals surface area contributed by atoms with Gasteiger partial charge in [0.2, 0.25) is 0 Å². The molecule has 0 saturated carbocycles. The fourth-order valence-electron chi connectivity index (χ4n) is 1.15. The smallest absolute Gasteiger partial charge is 0.250 e. The Morgan fingerprint density at radius 3 is 2.75 bits per heavy atom. The van der Waals surface area contributed by atoms with E-state index in [1.807, 2.05) is 19.9 Å². The summed E-state index contributed by atoms with van der Waals surface area (Å²) in [7, 11) is 0. The minimum Gasteiger partial charge on any atom is -0.326 e. The predicted octanol–water partition coefficient (Wildman–Crippen LogP) is 0.504. The molecule has 0 bridgehead atoms. The highest BCUT2D eigenvalue weighted by Crippen LogP contribution is 1.94. The maximum Gasteiger partial charge on any atom is 0.250 e. The molecule has 0 spiro atoms. The summed E-state index contributed by atoms with van der Waals surface area (Å²) < 4.78 is 1.69. The van der Waals surface area contributed by atoms with Crippen LogP contribution in [0.15, 0.2) is 23.0 Å². The maximum atomic E-state index is 11.3. The minimum atomic E-state index is 0.0174. The molecule has 3 heteroatoms. The predicted molar refractivity (Wildman–Crippen MR) is 49.1 cm³/mol. The summed E-state index contributed by atoms with van der Waals surface area (Å²) in [6.45, 7) is 4.38. The van der Waals surface area contributed by atoms with Gasteiger partial charge in [0, 0.05) is 24.3 Å². The van der Waals surface area contributed by atoms with Crippen molar-refractivity contribution in [1.29, 1.82) is 0 Å². The fourth-order valence-corrected chi connectivity index (χ4v) is 1.15. The molecule has 1 aromatic rings. The second kappa shape index (κ2) is 3.54. The first-order valence-electron chi connectivity index (χ1n) is 4.03. The molecule has 1 atom stereocenters. The Hall–Kier alpha value is -1.09. The van der Waals surface area contributed by atoms with Crippen LogP contribution in [0.1, 0.15) is 12.6 Å². The maximum absolute atomic E-state index is 11.3. The van der Waals surface area contributed by atoms with E-state index in [0.29, 0.717) is 6.54 Å². The molecule has 1 rings (SSSR count). The Kier molecular flexibility index (Phi) is 2.65. The van der Waals surface area contributed by atoms with Crippen LogP contribution >= 0.6 is 0 Å². The second-order valence-corrected chi connectivity index (χ2v) is 3.09. The van der Waals surface area contributed by atoms with Crippen molar-refractivity contribution in [1.82, 2.24) is 4.57 Å². The standard InChI is InChI=1S/C9H14N2O/c1-7(10)6-11-8(2)4-3-5-9(11)12/h3-5,7H,6,10H2,1-2H3/t7-/m0/s1. The monoisotopic (exact) mass is 166 g/mol. The Bertz CT molecular complexity index is 315. The first-order chi connectivity index (χ1) is 5.61. The number of pyridine rings is 1. The molecule has 0 aromatic carbocycles. The summed E-state index contributed by atoms with van der Waals surface area (Å²) in [4.78, 5) is 11.3. The van der Waals surface area contributed by atoms with Crippen molar-refractivity contribution in [3.63, 3.8) is 0 Å². The van der Waals surface area contributed by atoms with Crippen molar-refractivity contribution in [2.75, 3.05) is 0 Å². The topological polar surface area (TPSA) is 48.0 Å². The van der Waals surface area contributed by atoms with Crippen molar-refractivity contribution >= 4 is 0 Å². The van der Waals surface area contributed by atoms with Crippen molar-refractivity contribution < 1.29 is 0 Å². The molecular weight excluding hydrogens is 152 g/mol. The van der Waals surface area contributed by atoms with Crippen LogP contribution in [0.25, 0.3) is 0 Å². The van der Waals surface area contributed by atoms with Crippen LogP contribution in [0.4, 0.5) is 0 Å². The lowest BCUT2D eigenvalue weighted by atomic mass is 10.3. The molecule has 0 fully saturated rings. The first kappa shape index (κ1) is 9.00. The SMILES string of the molecule is Cc1cccc(=O)n1C[C@H](C)N. The molecule has 1 aromatic heterocycles. The zero-order valence-electron chi connectivity index (χ0n) is 7.45. The average molecular weight is 166 g/mol. The Morgan fingerprint density at radius 2 is 2.25 bits per heavy atom. The van der Waals surface area contributed by atoms with Crippen molar-refractivity contribution in [2.45, 2.75) is 26.4 Å². The molecule has 0 saturated heterocycles. The summed E-state index contributed by atoms with van der Waals surface area (Å²) in [5, 5.41) is 0. The normalized spacial score (nSPS) is 12.9. The molecule has 1 heterocycles. The van der Waals surface area contributed by atoms with E-state index in [1.165, 1.54) is 0 Å². The van der Waals surface area contributed by atoms with Crippen LogP contribution < -0.4 is 11.3 Å². The molecule has 0 amide bonds. The van der Waals surface area contributed by atoms with Gasteiger partial charge < -0.3 is 10.3 Å². The van der Waals surface area contributed by atoms with Crippen molar-refractivity contribution in [3.05, 3.63) is 34.2 Å². The van der Waals surface area contributed by atoms with Gasteiger partial charge in [-0.2, -0.15) is 0 Å². The third kappa shape index (κ3) is 1.95. The van der Waals surface area contributed by atoms with Crippen LogP contribution in [0.5, 0.6) is 0 Å². The molecule has 66 valence electrons. The van der Waals surface area contributed by atoms with Crippen LogP contribution in [0, 0.1) is 6.92 Å². The largest absolute Gasteiger partial charge is 0.326 e. The lowest BCUT2D eigenvalue weighted by Crippen LogP contribution is -2.30. The van der Waals surface area contributed by atoms with E-state index in [9.17, 15) is 4.79 Å². The van der Waals surface area contributed by atoms with Gasteiger partial charge in [0.25, 0.3) is 5.56 Å². The summed E-state index contributed by atoms with van der Waals surface area (Å²) in [6.07, 6.45) is 0. The average Bonchev–Trinajstić information content (AvgIpc) is 1.97. The highest BCUT2D eigenvalue weighted by atomic mass is 16.1. The Morgan fingerprint density at radius 1 is 1.58 bits per heavy atom. The molecule has 0 aliphatic rings. The van der Waals surface area contributed by atoms with E-state index in [0.717, 1.165) is 5.69 Å². The summed E-state index contributed by atoms with van der Waals surface area (Å²) >= 11 is 0. The van der Waals surface area contributed by atoms with Gasteiger partial charge in [-0.1, -0.05) is 6.07 Å². The molecule has 0 unspecified atom stereocenters. The zero-order valence-corrected chi connectivity index (χ0v) is 7.45. The van der Waals surface area contributed by atoms with E-state index in [2.05, 4.69) is 0 Å². The summed E-state index contributed by atoms with van der Waals surface area (Å²) in [5.41, 5.74) is 6.58. The van der Waals surface area contributed by atoms with Crippen LogP contribution in [-0.4, -0.2) is 10.6 Å².